The highest BCUT2D eigenvalue weighted by molar-refractivity contribution is 6.33. The van der Waals surface area contributed by atoms with Crippen molar-refractivity contribution in [1.82, 2.24) is 9.80 Å². The molecule has 34 heavy (non-hydrogen) atoms. The van der Waals surface area contributed by atoms with E-state index in [0.29, 0.717) is 35.2 Å². The maximum absolute atomic E-state index is 12.8. The molecule has 2 fully saturated rings. The van der Waals surface area contributed by atoms with Gasteiger partial charge in [-0.2, -0.15) is 0 Å². The van der Waals surface area contributed by atoms with Gasteiger partial charge in [0.15, 0.2) is 0 Å². The minimum atomic E-state index is -0.0563. The predicted molar refractivity (Wildman–Crippen MR) is 136 cm³/mol. The van der Waals surface area contributed by atoms with E-state index in [4.69, 9.17) is 16.3 Å². The summed E-state index contributed by atoms with van der Waals surface area (Å²) in [7, 11) is 0. The quantitative estimate of drug-likeness (QED) is 0.640. The maximum atomic E-state index is 12.8. The Kier molecular flexibility index (Phi) is 8.29. The van der Waals surface area contributed by atoms with Crippen molar-refractivity contribution in [2.75, 3.05) is 62.6 Å². The van der Waals surface area contributed by atoms with Gasteiger partial charge in [-0.1, -0.05) is 23.7 Å². The molecule has 2 saturated heterocycles. The van der Waals surface area contributed by atoms with Gasteiger partial charge in [0, 0.05) is 44.8 Å². The van der Waals surface area contributed by atoms with Crippen molar-refractivity contribution in [1.29, 1.82) is 0 Å². The van der Waals surface area contributed by atoms with Crippen molar-refractivity contribution < 1.29 is 14.3 Å². The largest absolute Gasteiger partial charge is 0.492 e. The van der Waals surface area contributed by atoms with E-state index >= 15 is 0 Å². The molecule has 2 aromatic carbocycles. The van der Waals surface area contributed by atoms with E-state index in [1.807, 2.05) is 48.2 Å². The number of carbonyl (C=O) groups is 2. The van der Waals surface area contributed by atoms with Crippen LogP contribution in [0.4, 0.5) is 11.4 Å². The minimum Gasteiger partial charge on any atom is -0.492 e. The van der Waals surface area contributed by atoms with Crippen molar-refractivity contribution in [3.63, 3.8) is 0 Å². The Balaban J connectivity index is 1.29. The van der Waals surface area contributed by atoms with E-state index in [9.17, 15) is 9.59 Å². The number of anilines is 2. The first-order valence-corrected chi connectivity index (χ1v) is 12.5. The summed E-state index contributed by atoms with van der Waals surface area (Å²) in [5, 5.41) is 3.56. The predicted octanol–water partition coefficient (Wildman–Crippen LogP) is 4.13. The van der Waals surface area contributed by atoms with Crippen molar-refractivity contribution in [2.24, 2.45) is 0 Å². The van der Waals surface area contributed by atoms with Crippen LogP contribution in [0.5, 0.6) is 5.75 Å². The molecule has 0 aliphatic carbocycles. The maximum Gasteiger partial charge on any atom is 0.253 e. The van der Waals surface area contributed by atoms with Crippen LogP contribution in [0.1, 0.15) is 36.5 Å². The van der Waals surface area contributed by atoms with Gasteiger partial charge in [-0.05, 0) is 56.5 Å². The highest BCUT2D eigenvalue weighted by Crippen LogP contribution is 2.29. The number of rotatable bonds is 7. The molecule has 182 valence electrons. The average molecular weight is 485 g/mol. The van der Waals surface area contributed by atoms with E-state index in [-0.39, 0.29) is 11.8 Å². The Bertz CT molecular complexity index is 1000. The lowest BCUT2D eigenvalue weighted by Gasteiger charge is -2.36. The molecule has 2 aliphatic rings. The number of para-hydroxylation sites is 2. The summed E-state index contributed by atoms with van der Waals surface area (Å²) < 4.78 is 5.59. The average Bonchev–Trinajstić information content (AvgIpc) is 2.86. The second-order valence-corrected chi connectivity index (χ2v) is 9.17. The van der Waals surface area contributed by atoms with Gasteiger partial charge < -0.3 is 19.9 Å². The number of benzene rings is 2. The number of hydrogen-bond donors (Lipinski definition) is 1. The van der Waals surface area contributed by atoms with E-state index in [0.717, 1.165) is 57.8 Å². The molecule has 4 rings (SSSR count). The molecule has 0 atom stereocenters. The first-order valence-electron chi connectivity index (χ1n) is 12.1. The monoisotopic (exact) mass is 484 g/mol. The fraction of sp³-hybridized carbons (Fsp3) is 0.462. The molecule has 7 nitrogen and oxygen atoms in total. The molecular weight excluding hydrogens is 452 g/mol. The highest BCUT2D eigenvalue weighted by Gasteiger charge is 2.23. The topological polar surface area (TPSA) is 65.1 Å². The zero-order valence-electron chi connectivity index (χ0n) is 19.8. The lowest BCUT2D eigenvalue weighted by Crippen LogP contribution is -2.48. The van der Waals surface area contributed by atoms with E-state index in [1.54, 1.807) is 6.07 Å². The summed E-state index contributed by atoms with van der Waals surface area (Å²) in [5.74, 6) is 0.689. The summed E-state index contributed by atoms with van der Waals surface area (Å²) in [6.07, 6.45) is 3.33. The SMILES string of the molecule is CCOc1ccccc1NC(=O)CN1CCN(c2ccc(C(=O)N3CCCCC3)cc2Cl)CC1. The van der Waals surface area contributed by atoms with Gasteiger partial charge in [-0.25, -0.2) is 0 Å². The van der Waals surface area contributed by atoms with E-state index in [1.165, 1.54) is 6.42 Å². The number of nitrogens with one attached hydrogen (secondary N) is 1. The summed E-state index contributed by atoms with van der Waals surface area (Å²) in [4.78, 5) is 31.6. The molecule has 0 saturated carbocycles. The fourth-order valence-corrected chi connectivity index (χ4v) is 4.87. The van der Waals surface area contributed by atoms with Gasteiger partial charge in [0.1, 0.15) is 5.75 Å². The Morgan fingerprint density at radius 3 is 2.41 bits per heavy atom. The van der Waals surface area contributed by atoms with Crippen molar-refractivity contribution in [3.05, 3.63) is 53.1 Å². The lowest BCUT2D eigenvalue weighted by atomic mass is 10.1. The fourth-order valence-electron chi connectivity index (χ4n) is 4.57. The Morgan fingerprint density at radius 2 is 1.71 bits per heavy atom. The Morgan fingerprint density at radius 1 is 0.971 bits per heavy atom. The normalized spacial score (nSPS) is 16.9. The summed E-state index contributed by atoms with van der Waals surface area (Å²) in [6, 6.07) is 13.1. The number of piperidine rings is 1. The number of carbonyl (C=O) groups excluding carboxylic acids is 2. The van der Waals surface area contributed by atoms with Gasteiger partial charge in [0.05, 0.1) is 29.5 Å². The van der Waals surface area contributed by atoms with Gasteiger partial charge in [0.25, 0.3) is 5.91 Å². The number of likely N-dealkylation sites (tertiary alicyclic amines) is 1. The third-order valence-corrected chi connectivity index (χ3v) is 6.68. The molecule has 0 aromatic heterocycles. The molecule has 1 N–H and O–H groups in total. The van der Waals surface area contributed by atoms with Crippen LogP contribution in [-0.2, 0) is 4.79 Å². The van der Waals surface area contributed by atoms with Gasteiger partial charge in [0.2, 0.25) is 5.91 Å². The third-order valence-electron chi connectivity index (χ3n) is 6.38. The summed E-state index contributed by atoms with van der Waals surface area (Å²) in [5.41, 5.74) is 2.28. The van der Waals surface area contributed by atoms with Crippen LogP contribution in [0.3, 0.4) is 0 Å². The van der Waals surface area contributed by atoms with Crippen molar-refractivity contribution in [2.45, 2.75) is 26.2 Å². The molecule has 0 spiro atoms. The molecule has 2 aliphatic heterocycles. The van der Waals surface area contributed by atoms with Crippen LogP contribution < -0.4 is 15.0 Å². The van der Waals surface area contributed by atoms with Crippen LogP contribution in [0.15, 0.2) is 42.5 Å². The molecule has 2 amide bonds. The van der Waals surface area contributed by atoms with Crippen LogP contribution >= 0.6 is 11.6 Å². The first kappa shape index (κ1) is 24.4. The van der Waals surface area contributed by atoms with Crippen molar-refractivity contribution in [3.8, 4) is 5.75 Å². The minimum absolute atomic E-state index is 0.0563. The second-order valence-electron chi connectivity index (χ2n) is 8.76. The Hall–Kier alpha value is -2.77. The molecule has 0 radical (unpaired) electrons. The third kappa shape index (κ3) is 6.02. The standard InChI is InChI=1S/C26H33ClN4O3/c1-2-34-24-9-5-4-8-22(24)28-25(32)19-29-14-16-30(17-15-29)23-11-10-20(18-21(23)27)26(33)31-12-6-3-7-13-31/h4-5,8-11,18H,2-3,6-7,12-17,19H2,1H3,(H,28,32). The van der Waals surface area contributed by atoms with Crippen LogP contribution in [0, 0.1) is 0 Å². The first-order chi connectivity index (χ1) is 16.5. The van der Waals surface area contributed by atoms with E-state index < -0.39 is 0 Å². The summed E-state index contributed by atoms with van der Waals surface area (Å²) >= 11 is 6.60. The zero-order chi connectivity index (χ0) is 23.9. The zero-order valence-corrected chi connectivity index (χ0v) is 20.5. The van der Waals surface area contributed by atoms with Gasteiger partial charge in [-0.15, -0.1) is 0 Å². The molecule has 0 bridgehead atoms. The van der Waals surface area contributed by atoms with E-state index in [2.05, 4.69) is 15.1 Å². The van der Waals surface area contributed by atoms with Crippen LogP contribution in [-0.4, -0.2) is 74.0 Å². The van der Waals surface area contributed by atoms with Crippen LogP contribution in [0.25, 0.3) is 0 Å². The van der Waals surface area contributed by atoms with Gasteiger partial charge in [-0.3, -0.25) is 14.5 Å². The number of ether oxygens (including phenoxy) is 1. The number of amides is 2. The molecule has 8 heteroatoms. The highest BCUT2D eigenvalue weighted by atomic mass is 35.5. The molecule has 0 unspecified atom stereocenters. The second kappa shape index (κ2) is 11.6. The summed E-state index contributed by atoms with van der Waals surface area (Å²) in [6.45, 7) is 7.48. The molecule has 2 aromatic rings. The lowest BCUT2D eigenvalue weighted by molar-refractivity contribution is -0.117. The number of halogens is 1. The molecular formula is C26H33ClN4O3. The number of nitrogens with zero attached hydrogens (tertiary/aromatic N) is 3. The number of piperazine rings is 1. The van der Waals surface area contributed by atoms with Crippen molar-refractivity contribution >= 4 is 34.8 Å². The van der Waals surface area contributed by atoms with Gasteiger partial charge >= 0.3 is 0 Å². The Labute approximate surface area is 206 Å². The smallest absolute Gasteiger partial charge is 0.253 e. The van der Waals surface area contributed by atoms with Crippen LogP contribution in [0.2, 0.25) is 5.02 Å². The molecule has 2 heterocycles. The number of hydrogen-bond acceptors (Lipinski definition) is 5.